The van der Waals surface area contributed by atoms with Crippen molar-refractivity contribution in [2.45, 2.75) is 18.8 Å². The lowest BCUT2D eigenvalue weighted by molar-refractivity contribution is -0.127. The topological polar surface area (TPSA) is 82.5 Å². The van der Waals surface area contributed by atoms with E-state index in [4.69, 9.17) is 5.21 Å². The van der Waals surface area contributed by atoms with Gasteiger partial charge in [-0.15, -0.1) is 12.4 Å². The van der Waals surface area contributed by atoms with Gasteiger partial charge in [-0.2, -0.15) is 0 Å². The standard InChI is InChI=1S/C22H22FN3O3.ClH/c23-18-6-1-4-16(14-18)17-5-3-13-26(15-17)22(28)12-10-20-8-2-7-19(24-20)9-11-21(27)25-29;/h1-2,4,6-12,14,17,29H,3,5,13,15H2,(H,25,27);1H/b11-9+,12-10+;. The first-order chi connectivity index (χ1) is 14.0. The molecule has 0 saturated carbocycles. The van der Waals surface area contributed by atoms with Crippen molar-refractivity contribution >= 4 is 36.4 Å². The number of pyridine rings is 1. The number of piperidine rings is 1. The Hall–Kier alpha value is -3.03. The predicted molar refractivity (Wildman–Crippen MR) is 114 cm³/mol. The summed E-state index contributed by atoms with van der Waals surface area (Å²) in [6.45, 7) is 1.22. The van der Waals surface area contributed by atoms with Crippen molar-refractivity contribution < 1.29 is 19.2 Å². The van der Waals surface area contributed by atoms with Crippen LogP contribution in [0.15, 0.2) is 54.6 Å². The van der Waals surface area contributed by atoms with Gasteiger partial charge in [0.1, 0.15) is 5.82 Å². The molecule has 2 heterocycles. The number of hydrogen-bond acceptors (Lipinski definition) is 4. The van der Waals surface area contributed by atoms with Crippen LogP contribution in [0.25, 0.3) is 12.2 Å². The fraction of sp³-hybridized carbons (Fsp3) is 0.227. The molecule has 1 atom stereocenters. The fourth-order valence-corrected chi connectivity index (χ4v) is 3.32. The van der Waals surface area contributed by atoms with Crippen molar-refractivity contribution in [2.75, 3.05) is 13.1 Å². The summed E-state index contributed by atoms with van der Waals surface area (Å²) in [5, 5.41) is 8.50. The second-order valence-electron chi connectivity index (χ2n) is 6.81. The van der Waals surface area contributed by atoms with E-state index in [1.54, 1.807) is 35.2 Å². The predicted octanol–water partition coefficient (Wildman–Crippen LogP) is 3.58. The molecule has 0 aliphatic carbocycles. The van der Waals surface area contributed by atoms with Crippen molar-refractivity contribution in [1.29, 1.82) is 0 Å². The van der Waals surface area contributed by atoms with E-state index in [-0.39, 0.29) is 30.0 Å². The van der Waals surface area contributed by atoms with Gasteiger partial charge in [0.25, 0.3) is 5.91 Å². The Morgan fingerprint density at radius 1 is 1.13 bits per heavy atom. The van der Waals surface area contributed by atoms with Crippen LogP contribution in [0.4, 0.5) is 4.39 Å². The van der Waals surface area contributed by atoms with E-state index in [2.05, 4.69) is 4.98 Å². The highest BCUT2D eigenvalue weighted by Gasteiger charge is 2.23. The average molecular weight is 432 g/mol. The average Bonchev–Trinajstić information content (AvgIpc) is 2.76. The second-order valence-corrected chi connectivity index (χ2v) is 6.81. The lowest BCUT2D eigenvalue weighted by Gasteiger charge is -2.32. The third kappa shape index (κ3) is 6.50. The summed E-state index contributed by atoms with van der Waals surface area (Å²) >= 11 is 0. The Morgan fingerprint density at radius 2 is 1.83 bits per heavy atom. The Kier molecular flexibility index (Phi) is 8.70. The van der Waals surface area contributed by atoms with Gasteiger partial charge in [-0.3, -0.25) is 14.8 Å². The fourth-order valence-electron chi connectivity index (χ4n) is 3.32. The van der Waals surface area contributed by atoms with E-state index in [0.29, 0.717) is 24.5 Å². The maximum absolute atomic E-state index is 13.5. The van der Waals surface area contributed by atoms with Crippen molar-refractivity contribution in [1.82, 2.24) is 15.4 Å². The molecular weight excluding hydrogens is 409 g/mol. The van der Waals surface area contributed by atoms with E-state index in [1.165, 1.54) is 29.8 Å². The molecule has 6 nitrogen and oxygen atoms in total. The monoisotopic (exact) mass is 431 g/mol. The van der Waals surface area contributed by atoms with Gasteiger partial charge in [0.05, 0.1) is 11.4 Å². The van der Waals surface area contributed by atoms with Gasteiger partial charge >= 0.3 is 0 Å². The van der Waals surface area contributed by atoms with Crippen LogP contribution < -0.4 is 5.48 Å². The normalized spacial score (nSPS) is 16.5. The summed E-state index contributed by atoms with van der Waals surface area (Å²) < 4.78 is 13.5. The van der Waals surface area contributed by atoms with E-state index in [9.17, 15) is 14.0 Å². The Balaban J connectivity index is 0.00000320. The van der Waals surface area contributed by atoms with Crippen LogP contribution in [-0.4, -0.2) is 40.0 Å². The third-order valence-corrected chi connectivity index (χ3v) is 4.76. The Bertz CT molecular complexity index is 949. The zero-order valence-corrected chi connectivity index (χ0v) is 17.0. The molecule has 2 N–H and O–H groups in total. The van der Waals surface area contributed by atoms with Crippen LogP contribution in [0.3, 0.4) is 0 Å². The van der Waals surface area contributed by atoms with Crippen molar-refractivity contribution in [2.24, 2.45) is 0 Å². The van der Waals surface area contributed by atoms with Crippen molar-refractivity contribution in [3.63, 3.8) is 0 Å². The lowest BCUT2D eigenvalue weighted by Crippen LogP contribution is -2.38. The summed E-state index contributed by atoms with van der Waals surface area (Å²) in [5.41, 5.74) is 3.52. The zero-order chi connectivity index (χ0) is 20.6. The molecule has 1 aromatic heterocycles. The SMILES string of the molecule is Cl.O=C(/C=C/c1cccc(/C=C/C(=O)N2CCCC(c3cccc(F)c3)C2)n1)NO. The summed E-state index contributed by atoms with van der Waals surface area (Å²) in [7, 11) is 0. The summed E-state index contributed by atoms with van der Waals surface area (Å²) in [6.07, 6.45) is 7.50. The number of carbonyl (C=O) groups is 2. The molecule has 1 unspecified atom stereocenters. The molecule has 1 aliphatic rings. The number of halogens is 2. The number of nitrogens with one attached hydrogen (secondary N) is 1. The first-order valence-corrected chi connectivity index (χ1v) is 9.37. The maximum Gasteiger partial charge on any atom is 0.267 e. The van der Waals surface area contributed by atoms with E-state index in [1.807, 2.05) is 6.07 Å². The van der Waals surface area contributed by atoms with Gasteiger partial charge in [-0.1, -0.05) is 18.2 Å². The lowest BCUT2D eigenvalue weighted by atomic mass is 9.90. The minimum absolute atomic E-state index is 0. The van der Waals surface area contributed by atoms with Gasteiger partial charge in [-0.25, -0.2) is 14.9 Å². The van der Waals surface area contributed by atoms with Crippen molar-refractivity contribution in [3.8, 4) is 0 Å². The summed E-state index contributed by atoms with van der Waals surface area (Å²) in [5.74, 6) is -0.905. The quantitative estimate of drug-likeness (QED) is 0.430. The molecule has 2 amide bonds. The number of amides is 2. The Labute approximate surface area is 180 Å². The molecule has 1 fully saturated rings. The van der Waals surface area contributed by atoms with Gasteiger partial charge < -0.3 is 4.90 Å². The van der Waals surface area contributed by atoms with Crippen LogP contribution in [0.5, 0.6) is 0 Å². The van der Waals surface area contributed by atoms with Gasteiger partial charge in [0, 0.05) is 31.2 Å². The molecule has 8 heteroatoms. The molecule has 1 aliphatic heterocycles. The first kappa shape index (κ1) is 23.3. The molecule has 1 aromatic carbocycles. The van der Waals surface area contributed by atoms with Gasteiger partial charge in [0.2, 0.25) is 5.91 Å². The zero-order valence-electron chi connectivity index (χ0n) is 16.2. The Morgan fingerprint density at radius 3 is 2.53 bits per heavy atom. The van der Waals surface area contributed by atoms with E-state index >= 15 is 0 Å². The number of hydrogen-bond donors (Lipinski definition) is 2. The molecular formula is C22H23ClFN3O3. The number of likely N-dealkylation sites (tertiary alicyclic amines) is 1. The number of hydroxylamine groups is 1. The number of nitrogens with zero attached hydrogens (tertiary/aromatic N) is 2. The van der Waals surface area contributed by atoms with E-state index < -0.39 is 5.91 Å². The largest absolute Gasteiger partial charge is 0.339 e. The van der Waals surface area contributed by atoms with Crippen LogP contribution >= 0.6 is 12.4 Å². The third-order valence-electron chi connectivity index (χ3n) is 4.76. The molecule has 158 valence electrons. The van der Waals surface area contributed by atoms with Crippen LogP contribution in [0.1, 0.15) is 35.7 Å². The van der Waals surface area contributed by atoms with Crippen LogP contribution in [0, 0.1) is 5.82 Å². The van der Waals surface area contributed by atoms with Crippen LogP contribution in [0.2, 0.25) is 0 Å². The number of aromatic nitrogens is 1. The number of carbonyl (C=O) groups excluding carboxylic acids is 2. The number of rotatable bonds is 5. The summed E-state index contributed by atoms with van der Waals surface area (Å²) in [6, 6.07) is 11.8. The first-order valence-electron chi connectivity index (χ1n) is 9.37. The summed E-state index contributed by atoms with van der Waals surface area (Å²) in [4.78, 5) is 29.7. The van der Waals surface area contributed by atoms with Crippen LogP contribution in [-0.2, 0) is 9.59 Å². The minimum atomic E-state index is -0.652. The molecule has 30 heavy (non-hydrogen) atoms. The highest BCUT2D eigenvalue weighted by atomic mass is 35.5. The van der Waals surface area contributed by atoms with Crippen molar-refractivity contribution in [3.05, 3.63) is 77.4 Å². The second kappa shape index (κ2) is 11.2. The molecule has 0 bridgehead atoms. The molecule has 0 radical (unpaired) electrons. The highest BCUT2D eigenvalue weighted by molar-refractivity contribution is 5.92. The maximum atomic E-state index is 13.5. The van der Waals surface area contributed by atoms with Gasteiger partial charge in [-0.05, 0) is 54.8 Å². The minimum Gasteiger partial charge on any atom is -0.339 e. The smallest absolute Gasteiger partial charge is 0.267 e. The molecule has 2 aromatic rings. The molecule has 0 spiro atoms. The highest BCUT2D eigenvalue weighted by Crippen LogP contribution is 2.27. The van der Waals surface area contributed by atoms with Gasteiger partial charge in [0.15, 0.2) is 0 Å². The number of benzene rings is 1. The molecule has 1 saturated heterocycles. The molecule has 3 rings (SSSR count). The van der Waals surface area contributed by atoms with E-state index in [0.717, 1.165) is 24.5 Å².